The molecule has 0 aliphatic heterocycles. The Morgan fingerprint density at radius 1 is 1.24 bits per heavy atom. The van der Waals surface area contributed by atoms with Crippen LogP contribution in [0.2, 0.25) is 0 Å². The summed E-state index contributed by atoms with van der Waals surface area (Å²) in [5, 5.41) is 11.4. The topological polar surface area (TPSA) is 84.9 Å². The van der Waals surface area contributed by atoms with E-state index in [0.29, 0.717) is 6.42 Å². The molecule has 102 valence electrons. The third-order valence-electron chi connectivity index (χ3n) is 1.72. The van der Waals surface area contributed by atoms with E-state index < -0.39 is 19.8 Å². The number of nitrogens with one attached hydrogen (secondary N) is 1. The van der Waals surface area contributed by atoms with Crippen molar-refractivity contribution in [2.24, 2.45) is 0 Å². The van der Waals surface area contributed by atoms with Gasteiger partial charge in [0.05, 0.1) is 12.2 Å². The minimum atomic E-state index is -3.59. The molecule has 0 radical (unpaired) electrons. The third-order valence-corrected chi connectivity index (χ3v) is 3.75. The van der Waals surface area contributed by atoms with E-state index >= 15 is 0 Å². The third kappa shape index (κ3) is 6.78. The Morgan fingerprint density at radius 2 is 1.65 bits per heavy atom. The second-order valence-corrected chi connectivity index (χ2v) is 5.91. The number of hydrogen-bond donors (Lipinski definition) is 2. The highest BCUT2D eigenvalue weighted by Gasteiger charge is 2.33. The van der Waals surface area contributed by atoms with E-state index in [9.17, 15) is 9.36 Å². The first kappa shape index (κ1) is 16.6. The van der Waals surface area contributed by atoms with Crippen molar-refractivity contribution in [2.45, 2.75) is 59.3 Å². The van der Waals surface area contributed by atoms with Crippen molar-refractivity contribution < 1.29 is 23.5 Å². The zero-order valence-electron chi connectivity index (χ0n) is 11.0. The molecule has 0 spiro atoms. The minimum Gasteiger partial charge on any atom is -0.480 e. The van der Waals surface area contributed by atoms with Gasteiger partial charge in [0.1, 0.15) is 6.04 Å². The molecule has 2 N–H and O–H groups in total. The van der Waals surface area contributed by atoms with Crippen LogP contribution in [0.5, 0.6) is 0 Å². The van der Waals surface area contributed by atoms with Crippen LogP contribution in [-0.4, -0.2) is 29.3 Å². The molecule has 1 unspecified atom stereocenters. The van der Waals surface area contributed by atoms with Gasteiger partial charge >= 0.3 is 13.7 Å². The van der Waals surface area contributed by atoms with E-state index in [4.69, 9.17) is 14.2 Å². The fraction of sp³-hybridized carbons (Fsp3) is 0.900. The van der Waals surface area contributed by atoms with Crippen molar-refractivity contribution in [2.75, 3.05) is 0 Å². The normalized spacial score (nSPS) is 14.3. The zero-order valence-corrected chi connectivity index (χ0v) is 11.9. The van der Waals surface area contributed by atoms with Gasteiger partial charge in [-0.25, -0.2) is 9.65 Å². The number of aliphatic carboxylic acids is 1. The molecule has 0 heterocycles. The molecular formula is C10H22NO5P. The molecule has 0 aliphatic carbocycles. The Balaban J connectivity index is 4.79. The van der Waals surface area contributed by atoms with Gasteiger partial charge in [0.25, 0.3) is 0 Å². The predicted octanol–water partition coefficient (Wildman–Crippen LogP) is 2.40. The monoisotopic (exact) mass is 267 g/mol. The molecule has 17 heavy (non-hydrogen) atoms. The van der Waals surface area contributed by atoms with E-state index in [-0.39, 0.29) is 12.2 Å². The van der Waals surface area contributed by atoms with E-state index in [1.54, 1.807) is 34.6 Å². The summed E-state index contributed by atoms with van der Waals surface area (Å²) in [6.07, 6.45) is -0.348. The lowest BCUT2D eigenvalue weighted by Crippen LogP contribution is -2.36. The SMILES string of the molecule is CCC(NP(=O)(OC(C)C)OC(C)C)C(=O)O. The fourth-order valence-corrected chi connectivity index (χ4v) is 3.11. The van der Waals surface area contributed by atoms with Gasteiger partial charge in [-0.1, -0.05) is 6.92 Å². The molecule has 0 aliphatic rings. The van der Waals surface area contributed by atoms with Crippen LogP contribution in [0.25, 0.3) is 0 Å². The molecule has 6 nitrogen and oxygen atoms in total. The van der Waals surface area contributed by atoms with Crippen molar-refractivity contribution in [1.29, 1.82) is 0 Å². The number of hydrogen-bond acceptors (Lipinski definition) is 4. The van der Waals surface area contributed by atoms with Crippen LogP contribution in [0.3, 0.4) is 0 Å². The maximum atomic E-state index is 12.3. The zero-order chi connectivity index (χ0) is 13.6. The second-order valence-electron chi connectivity index (χ2n) is 4.23. The first-order chi connectivity index (χ1) is 7.70. The maximum Gasteiger partial charge on any atom is 0.406 e. The molecule has 0 fully saturated rings. The van der Waals surface area contributed by atoms with Crippen LogP contribution in [0.15, 0.2) is 0 Å². The Hall–Kier alpha value is -0.420. The van der Waals surface area contributed by atoms with E-state index in [1.807, 2.05) is 0 Å². The standard InChI is InChI=1S/C10H22NO5P/c1-6-9(10(12)13)11-17(14,15-7(2)3)16-8(4)5/h7-9H,6H2,1-5H3,(H,11,14)(H,12,13). The lowest BCUT2D eigenvalue weighted by atomic mass is 10.2. The van der Waals surface area contributed by atoms with Crippen molar-refractivity contribution >= 4 is 13.7 Å². The van der Waals surface area contributed by atoms with Gasteiger partial charge in [0.2, 0.25) is 0 Å². The van der Waals surface area contributed by atoms with Gasteiger partial charge in [-0.15, -0.1) is 0 Å². The van der Waals surface area contributed by atoms with E-state index in [0.717, 1.165) is 0 Å². The summed E-state index contributed by atoms with van der Waals surface area (Å²) in [6, 6.07) is -0.946. The number of carboxylic acids is 1. The summed E-state index contributed by atoms with van der Waals surface area (Å²) in [5.74, 6) is -1.08. The fourth-order valence-electron chi connectivity index (χ4n) is 1.15. The van der Waals surface area contributed by atoms with Gasteiger partial charge in [-0.2, -0.15) is 0 Å². The molecule has 0 saturated heterocycles. The molecule has 1 atom stereocenters. The van der Waals surface area contributed by atoms with Crippen LogP contribution in [0.1, 0.15) is 41.0 Å². The average molecular weight is 267 g/mol. The summed E-state index contributed by atoms with van der Waals surface area (Å²) in [4.78, 5) is 10.9. The van der Waals surface area contributed by atoms with E-state index in [1.165, 1.54) is 0 Å². The highest BCUT2D eigenvalue weighted by molar-refractivity contribution is 7.51. The van der Waals surface area contributed by atoms with Crippen molar-refractivity contribution in [1.82, 2.24) is 5.09 Å². The summed E-state index contributed by atoms with van der Waals surface area (Å²) < 4.78 is 22.7. The van der Waals surface area contributed by atoms with Crippen LogP contribution in [0, 0.1) is 0 Å². The molecule has 0 saturated carbocycles. The van der Waals surface area contributed by atoms with Crippen molar-refractivity contribution in [3.63, 3.8) is 0 Å². The smallest absolute Gasteiger partial charge is 0.406 e. The molecule has 0 bridgehead atoms. The minimum absolute atomic E-state index is 0.294. The predicted molar refractivity (Wildman–Crippen MR) is 64.9 cm³/mol. The maximum absolute atomic E-state index is 12.3. The summed E-state index contributed by atoms with van der Waals surface area (Å²) in [5.41, 5.74) is 0. The summed E-state index contributed by atoms with van der Waals surface area (Å²) >= 11 is 0. The van der Waals surface area contributed by atoms with Gasteiger partial charge in [-0.3, -0.25) is 13.8 Å². The van der Waals surface area contributed by atoms with Gasteiger partial charge < -0.3 is 5.11 Å². The number of carboxylic acid groups (broad SMARTS) is 1. The van der Waals surface area contributed by atoms with Crippen LogP contribution in [0.4, 0.5) is 0 Å². The lowest BCUT2D eigenvalue weighted by molar-refractivity contribution is -0.139. The molecule has 0 amide bonds. The average Bonchev–Trinajstić information content (AvgIpc) is 2.10. The van der Waals surface area contributed by atoms with Crippen LogP contribution >= 0.6 is 7.75 Å². The Labute approximate surface area is 102 Å². The van der Waals surface area contributed by atoms with Gasteiger partial charge in [0.15, 0.2) is 0 Å². The Kier molecular flexibility index (Phi) is 6.94. The van der Waals surface area contributed by atoms with Gasteiger partial charge in [0, 0.05) is 0 Å². The quantitative estimate of drug-likeness (QED) is 0.657. The molecule has 0 aromatic rings. The van der Waals surface area contributed by atoms with Crippen LogP contribution < -0.4 is 5.09 Å². The first-order valence-corrected chi connectivity index (χ1v) is 7.22. The number of rotatable bonds is 8. The van der Waals surface area contributed by atoms with Gasteiger partial charge in [-0.05, 0) is 34.1 Å². The first-order valence-electron chi connectivity index (χ1n) is 5.67. The second kappa shape index (κ2) is 7.11. The van der Waals surface area contributed by atoms with Crippen LogP contribution in [-0.2, 0) is 18.4 Å². The summed E-state index contributed by atoms with van der Waals surface area (Å²) in [6.45, 7) is 8.51. The molecule has 7 heteroatoms. The van der Waals surface area contributed by atoms with Crippen molar-refractivity contribution in [3.05, 3.63) is 0 Å². The Bertz CT molecular complexity index is 278. The highest BCUT2D eigenvalue weighted by atomic mass is 31.2. The Morgan fingerprint density at radius 3 is 1.88 bits per heavy atom. The molecule has 0 rings (SSSR count). The largest absolute Gasteiger partial charge is 0.480 e. The number of carbonyl (C=O) groups is 1. The molecule has 0 aromatic carbocycles. The van der Waals surface area contributed by atoms with E-state index in [2.05, 4.69) is 5.09 Å². The van der Waals surface area contributed by atoms with Crippen molar-refractivity contribution in [3.8, 4) is 0 Å². The molecule has 0 aromatic heterocycles. The molecular weight excluding hydrogens is 245 g/mol. The summed E-state index contributed by atoms with van der Waals surface area (Å²) in [7, 11) is -3.59. The lowest BCUT2D eigenvalue weighted by Gasteiger charge is -2.25. The highest BCUT2D eigenvalue weighted by Crippen LogP contribution is 2.46.